The molecule has 3 N–H and O–H groups in total. The first-order valence-electron chi connectivity index (χ1n) is 4.40. The molecule has 5 heteroatoms. The van der Waals surface area contributed by atoms with E-state index in [9.17, 15) is 14.7 Å². The molecule has 1 saturated carbocycles. The van der Waals surface area contributed by atoms with E-state index in [2.05, 4.69) is 10.6 Å². The van der Waals surface area contributed by atoms with Crippen LogP contribution in [-0.2, 0) is 4.79 Å². The molecule has 1 aliphatic carbocycles. The number of aliphatic hydroxyl groups is 1. The van der Waals surface area contributed by atoms with E-state index in [1.165, 1.54) is 0 Å². The molecule has 2 aliphatic rings. The molecule has 2 atom stereocenters. The van der Waals surface area contributed by atoms with Crippen LogP contribution in [0.2, 0.25) is 0 Å². The number of urea groups is 1. The number of hydrogen-bond donors (Lipinski definition) is 3. The van der Waals surface area contributed by atoms with Gasteiger partial charge in [0.25, 0.3) is 0 Å². The van der Waals surface area contributed by atoms with Crippen LogP contribution in [0.15, 0.2) is 0 Å². The average molecular weight is 184 g/mol. The van der Waals surface area contributed by atoms with Crippen molar-refractivity contribution in [3.05, 3.63) is 0 Å². The van der Waals surface area contributed by atoms with Crippen LogP contribution in [-0.4, -0.2) is 22.8 Å². The fraction of sp³-hybridized carbons (Fsp3) is 0.750. The van der Waals surface area contributed by atoms with Gasteiger partial charge in [-0.1, -0.05) is 6.92 Å². The Bertz CT molecular complexity index is 287. The molecule has 1 saturated heterocycles. The lowest BCUT2D eigenvalue weighted by atomic mass is 9.58. The maximum absolute atomic E-state index is 11.5. The van der Waals surface area contributed by atoms with Crippen LogP contribution in [0.4, 0.5) is 4.79 Å². The summed E-state index contributed by atoms with van der Waals surface area (Å²) in [6.07, 6.45) is 1.63. The Morgan fingerprint density at radius 3 is 2.54 bits per heavy atom. The minimum Gasteiger partial charge on any atom is -0.370 e. The number of fused-ring (bicyclic) bond motifs is 1. The summed E-state index contributed by atoms with van der Waals surface area (Å²) in [7, 11) is 0. The number of carbonyl (C=O) groups excluding carboxylic acids is 2. The van der Waals surface area contributed by atoms with Crippen LogP contribution in [0.5, 0.6) is 0 Å². The van der Waals surface area contributed by atoms with Crippen LogP contribution >= 0.6 is 0 Å². The molecular weight excluding hydrogens is 172 g/mol. The number of rotatable bonds is 1. The van der Waals surface area contributed by atoms with Crippen LogP contribution < -0.4 is 10.6 Å². The predicted molar refractivity (Wildman–Crippen MR) is 43.6 cm³/mol. The van der Waals surface area contributed by atoms with Crippen LogP contribution in [0, 0.1) is 5.41 Å². The molecule has 0 aromatic heterocycles. The molecule has 0 aromatic rings. The van der Waals surface area contributed by atoms with Gasteiger partial charge in [0.05, 0.1) is 5.41 Å². The first kappa shape index (κ1) is 8.50. The van der Waals surface area contributed by atoms with Gasteiger partial charge in [-0.2, -0.15) is 0 Å². The smallest absolute Gasteiger partial charge is 0.323 e. The molecule has 2 rings (SSSR count). The van der Waals surface area contributed by atoms with E-state index in [0.717, 1.165) is 0 Å². The fourth-order valence-corrected chi connectivity index (χ4v) is 2.22. The SMILES string of the molecule is CCC12CCC1(O)NC(=O)NC2=O. The number of hydrogen-bond acceptors (Lipinski definition) is 3. The Kier molecular flexibility index (Phi) is 1.46. The minimum atomic E-state index is -1.30. The summed E-state index contributed by atoms with van der Waals surface area (Å²) < 4.78 is 0. The predicted octanol–water partition coefficient (Wildman–Crippen LogP) is -0.295. The van der Waals surface area contributed by atoms with Gasteiger partial charge in [-0.05, 0) is 19.3 Å². The standard InChI is InChI=1S/C8H12N2O3/c1-2-7-3-4-8(7,13)10-6(12)9-5(7)11/h13H,2-4H2,1H3,(H2,9,10,11,12). The van der Waals surface area contributed by atoms with E-state index in [1.54, 1.807) is 0 Å². The molecule has 5 nitrogen and oxygen atoms in total. The molecule has 1 heterocycles. The van der Waals surface area contributed by atoms with E-state index in [4.69, 9.17) is 0 Å². The minimum absolute atomic E-state index is 0.354. The zero-order chi connectivity index (χ0) is 9.69. The van der Waals surface area contributed by atoms with Gasteiger partial charge < -0.3 is 10.4 Å². The summed E-state index contributed by atoms with van der Waals surface area (Å²) in [4.78, 5) is 22.4. The maximum atomic E-state index is 11.5. The third-order valence-electron chi connectivity index (χ3n) is 3.29. The van der Waals surface area contributed by atoms with E-state index < -0.39 is 17.2 Å². The number of carbonyl (C=O) groups is 2. The third kappa shape index (κ3) is 0.798. The van der Waals surface area contributed by atoms with Crippen molar-refractivity contribution in [3.8, 4) is 0 Å². The summed E-state index contributed by atoms with van der Waals surface area (Å²) in [5, 5.41) is 14.5. The molecule has 0 aromatic carbocycles. The Balaban J connectivity index is 2.35. The highest BCUT2D eigenvalue weighted by Gasteiger charge is 2.65. The molecule has 2 unspecified atom stereocenters. The van der Waals surface area contributed by atoms with E-state index in [1.807, 2.05) is 6.92 Å². The Labute approximate surface area is 75.5 Å². The summed E-state index contributed by atoms with van der Waals surface area (Å²) in [6, 6.07) is -0.601. The van der Waals surface area contributed by atoms with Gasteiger partial charge in [0.15, 0.2) is 5.72 Å². The van der Waals surface area contributed by atoms with Gasteiger partial charge in [0.1, 0.15) is 0 Å². The van der Waals surface area contributed by atoms with Crippen molar-refractivity contribution < 1.29 is 14.7 Å². The Hall–Kier alpha value is -1.10. The van der Waals surface area contributed by atoms with E-state index >= 15 is 0 Å². The first-order valence-corrected chi connectivity index (χ1v) is 4.40. The lowest BCUT2D eigenvalue weighted by molar-refractivity contribution is -0.198. The lowest BCUT2D eigenvalue weighted by Crippen LogP contribution is -2.77. The van der Waals surface area contributed by atoms with Gasteiger partial charge >= 0.3 is 6.03 Å². The maximum Gasteiger partial charge on any atom is 0.323 e. The second-order valence-corrected chi connectivity index (χ2v) is 3.70. The zero-order valence-corrected chi connectivity index (χ0v) is 7.39. The number of amides is 3. The highest BCUT2D eigenvalue weighted by atomic mass is 16.3. The van der Waals surface area contributed by atoms with Crippen LogP contribution in [0.1, 0.15) is 26.2 Å². The molecule has 13 heavy (non-hydrogen) atoms. The zero-order valence-electron chi connectivity index (χ0n) is 7.39. The monoisotopic (exact) mass is 184 g/mol. The summed E-state index contributed by atoms with van der Waals surface area (Å²) in [5.41, 5.74) is -2.10. The highest BCUT2D eigenvalue weighted by Crippen LogP contribution is 2.52. The van der Waals surface area contributed by atoms with Gasteiger partial charge in [0.2, 0.25) is 5.91 Å². The van der Waals surface area contributed by atoms with Crippen molar-refractivity contribution in [2.45, 2.75) is 31.9 Å². The first-order chi connectivity index (χ1) is 6.04. The number of nitrogens with one attached hydrogen (secondary N) is 2. The van der Waals surface area contributed by atoms with E-state index in [-0.39, 0.29) is 5.91 Å². The summed E-state index contributed by atoms with van der Waals surface area (Å²) in [6.45, 7) is 1.83. The van der Waals surface area contributed by atoms with Crippen molar-refractivity contribution in [2.24, 2.45) is 5.41 Å². The average Bonchev–Trinajstić information content (AvgIpc) is 2.01. The second-order valence-electron chi connectivity index (χ2n) is 3.70. The molecule has 0 bridgehead atoms. The van der Waals surface area contributed by atoms with Gasteiger partial charge in [0, 0.05) is 0 Å². The quantitative estimate of drug-likeness (QED) is 0.523. The van der Waals surface area contributed by atoms with Crippen LogP contribution in [0.3, 0.4) is 0 Å². The molecule has 1 aliphatic heterocycles. The number of imide groups is 1. The van der Waals surface area contributed by atoms with Crippen molar-refractivity contribution in [2.75, 3.05) is 0 Å². The van der Waals surface area contributed by atoms with Gasteiger partial charge in [-0.3, -0.25) is 10.1 Å². The highest BCUT2D eigenvalue weighted by molar-refractivity contribution is 6.02. The molecule has 0 spiro atoms. The Morgan fingerprint density at radius 1 is 1.46 bits per heavy atom. The third-order valence-corrected chi connectivity index (χ3v) is 3.29. The van der Waals surface area contributed by atoms with Crippen molar-refractivity contribution in [3.63, 3.8) is 0 Å². The molecule has 72 valence electrons. The second kappa shape index (κ2) is 2.23. The lowest BCUT2D eigenvalue weighted by Gasteiger charge is -2.56. The Morgan fingerprint density at radius 2 is 2.15 bits per heavy atom. The van der Waals surface area contributed by atoms with Gasteiger partial charge in [-0.15, -0.1) is 0 Å². The largest absolute Gasteiger partial charge is 0.370 e. The summed E-state index contributed by atoms with van der Waals surface area (Å²) >= 11 is 0. The van der Waals surface area contributed by atoms with Gasteiger partial charge in [-0.25, -0.2) is 4.79 Å². The van der Waals surface area contributed by atoms with Crippen LogP contribution in [0.25, 0.3) is 0 Å². The molecular formula is C8H12N2O3. The molecule has 3 amide bonds. The normalized spacial score (nSPS) is 42.9. The van der Waals surface area contributed by atoms with Crippen molar-refractivity contribution in [1.82, 2.24) is 10.6 Å². The van der Waals surface area contributed by atoms with E-state index in [0.29, 0.717) is 19.3 Å². The molecule has 0 radical (unpaired) electrons. The van der Waals surface area contributed by atoms with Crippen molar-refractivity contribution in [1.29, 1.82) is 0 Å². The molecule has 2 fully saturated rings. The summed E-state index contributed by atoms with van der Waals surface area (Å²) in [5.74, 6) is -0.354. The topological polar surface area (TPSA) is 78.4 Å². The fourth-order valence-electron chi connectivity index (χ4n) is 2.22. The van der Waals surface area contributed by atoms with Crippen molar-refractivity contribution >= 4 is 11.9 Å².